The predicted octanol–water partition coefficient (Wildman–Crippen LogP) is 4.69. The van der Waals surface area contributed by atoms with E-state index in [9.17, 15) is 14.4 Å². The molecule has 4 aromatic rings. The van der Waals surface area contributed by atoms with E-state index in [2.05, 4.69) is 16.0 Å². The van der Waals surface area contributed by atoms with Gasteiger partial charge in [-0.2, -0.15) is 0 Å². The molecule has 0 aromatic heterocycles. The van der Waals surface area contributed by atoms with Crippen molar-refractivity contribution in [1.29, 1.82) is 0 Å². The molecule has 3 amide bonds. The third-order valence-corrected chi connectivity index (χ3v) is 6.40. The third kappa shape index (κ3) is 6.54. The van der Waals surface area contributed by atoms with Crippen LogP contribution in [0.4, 0.5) is 5.69 Å². The molecule has 4 aromatic carbocycles. The Kier molecular flexibility index (Phi) is 8.46. The molecular formula is C31H31N3O5. The van der Waals surface area contributed by atoms with E-state index in [0.29, 0.717) is 23.4 Å². The van der Waals surface area contributed by atoms with Crippen LogP contribution < -0.4 is 25.4 Å². The number of methoxy groups -OCH3 is 2. The van der Waals surface area contributed by atoms with E-state index in [1.54, 1.807) is 43.5 Å². The molecule has 0 unspecified atom stereocenters. The van der Waals surface area contributed by atoms with Crippen molar-refractivity contribution in [1.82, 2.24) is 10.6 Å². The summed E-state index contributed by atoms with van der Waals surface area (Å²) >= 11 is 0. The highest BCUT2D eigenvalue weighted by atomic mass is 16.5. The summed E-state index contributed by atoms with van der Waals surface area (Å²) in [5.74, 6) is -0.362. The van der Waals surface area contributed by atoms with Crippen molar-refractivity contribution in [2.24, 2.45) is 0 Å². The molecule has 0 spiro atoms. The van der Waals surface area contributed by atoms with Gasteiger partial charge in [-0.25, -0.2) is 0 Å². The minimum absolute atomic E-state index is 0.105. The van der Waals surface area contributed by atoms with Crippen molar-refractivity contribution in [3.05, 3.63) is 102 Å². The minimum Gasteiger partial charge on any atom is -0.497 e. The van der Waals surface area contributed by atoms with Crippen LogP contribution in [0.25, 0.3) is 10.8 Å². The Morgan fingerprint density at radius 2 is 1.46 bits per heavy atom. The Morgan fingerprint density at radius 3 is 2.21 bits per heavy atom. The van der Waals surface area contributed by atoms with Crippen LogP contribution in [-0.2, 0) is 16.0 Å². The Balaban J connectivity index is 1.57. The molecule has 0 saturated heterocycles. The molecule has 0 bridgehead atoms. The van der Waals surface area contributed by atoms with Gasteiger partial charge in [-0.15, -0.1) is 0 Å². The van der Waals surface area contributed by atoms with Crippen molar-refractivity contribution < 1.29 is 23.9 Å². The van der Waals surface area contributed by atoms with E-state index in [1.165, 1.54) is 14.0 Å². The third-order valence-electron chi connectivity index (χ3n) is 6.40. The topological polar surface area (TPSA) is 106 Å². The highest BCUT2D eigenvalue weighted by Gasteiger charge is 2.37. The fourth-order valence-corrected chi connectivity index (χ4v) is 4.25. The van der Waals surface area contributed by atoms with E-state index in [1.807, 2.05) is 54.6 Å². The number of hydrogen-bond acceptors (Lipinski definition) is 5. The van der Waals surface area contributed by atoms with Gasteiger partial charge in [0.2, 0.25) is 5.91 Å². The Morgan fingerprint density at radius 1 is 0.769 bits per heavy atom. The fraction of sp³-hybridized carbons (Fsp3) is 0.194. The number of carbonyl (C=O) groups is 3. The predicted molar refractivity (Wildman–Crippen MR) is 151 cm³/mol. The number of aryl methyl sites for hydroxylation is 1. The maximum Gasteiger partial charge on any atom is 0.270 e. The van der Waals surface area contributed by atoms with Crippen LogP contribution in [0.1, 0.15) is 29.3 Å². The van der Waals surface area contributed by atoms with Gasteiger partial charge in [0.05, 0.1) is 19.9 Å². The number of benzene rings is 4. The highest BCUT2D eigenvalue weighted by Crippen LogP contribution is 2.24. The lowest BCUT2D eigenvalue weighted by atomic mass is 10.0. The van der Waals surface area contributed by atoms with E-state index in [4.69, 9.17) is 9.47 Å². The first-order valence-electron chi connectivity index (χ1n) is 12.5. The number of amides is 3. The van der Waals surface area contributed by atoms with Gasteiger partial charge in [0.15, 0.2) is 5.66 Å². The van der Waals surface area contributed by atoms with Crippen molar-refractivity contribution in [3.63, 3.8) is 0 Å². The zero-order chi connectivity index (χ0) is 27.8. The molecule has 0 radical (unpaired) electrons. The zero-order valence-electron chi connectivity index (χ0n) is 22.1. The first-order chi connectivity index (χ1) is 18.8. The highest BCUT2D eigenvalue weighted by molar-refractivity contribution is 6.10. The summed E-state index contributed by atoms with van der Waals surface area (Å²) in [6.07, 6.45) is 0.547. The second kappa shape index (κ2) is 12.1. The van der Waals surface area contributed by atoms with Gasteiger partial charge in [0, 0.05) is 12.0 Å². The lowest BCUT2D eigenvalue weighted by Gasteiger charge is -2.31. The summed E-state index contributed by atoms with van der Waals surface area (Å²) in [5, 5.41) is 9.90. The molecule has 200 valence electrons. The number of anilines is 1. The average molecular weight is 526 g/mol. The molecule has 39 heavy (non-hydrogen) atoms. The Labute approximate surface area is 227 Å². The second-order valence-corrected chi connectivity index (χ2v) is 9.16. The van der Waals surface area contributed by atoms with E-state index in [0.717, 1.165) is 22.1 Å². The molecule has 3 N–H and O–H groups in total. The van der Waals surface area contributed by atoms with Crippen molar-refractivity contribution in [2.75, 3.05) is 19.5 Å². The number of fused-ring (bicyclic) bond motifs is 1. The standard InChI is InChI=1S/C31H31N3O5/c1-31(30(37)32-26-13-6-7-14-27(26)39-3,33-28(35)20-17-21-15-18-23(38-2)19-16-21)34-29(36)25-12-8-10-22-9-4-5-11-24(22)25/h4-16,18-19H,17,20H2,1-3H3,(H,32,37)(H,33,35)(H,34,36)/t31-/m0/s1. The summed E-state index contributed by atoms with van der Waals surface area (Å²) in [5.41, 5.74) is -0.0442. The lowest BCUT2D eigenvalue weighted by Crippen LogP contribution is -2.65. The quantitative estimate of drug-likeness (QED) is 0.261. The van der Waals surface area contributed by atoms with Crippen LogP contribution in [0.2, 0.25) is 0 Å². The molecule has 4 rings (SSSR count). The monoisotopic (exact) mass is 525 g/mol. The summed E-state index contributed by atoms with van der Waals surface area (Å²) < 4.78 is 10.5. The largest absolute Gasteiger partial charge is 0.497 e. The van der Waals surface area contributed by atoms with E-state index in [-0.39, 0.29) is 6.42 Å². The van der Waals surface area contributed by atoms with Gasteiger partial charge in [-0.1, -0.05) is 60.7 Å². The van der Waals surface area contributed by atoms with Crippen molar-refractivity contribution >= 4 is 34.2 Å². The number of ether oxygens (including phenoxy) is 2. The van der Waals surface area contributed by atoms with Crippen LogP contribution in [0.3, 0.4) is 0 Å². The smallest absolute Gasteiger partial charge is 0.270 e. The molecule has 0 fully saturated rings. The first kappa shape index (κ1) is 27.2. The van der Waals surface area contributed by atoms with Crippen LogP contribution >= 0.6 is 0 Å². The summed E-state index contributed by atoms with van der Waals surface area (Å²) in [6, 6.07) is 27.1. The molecule has 0 aliphatic carbocycles. The van der Waals surface area contributed by atoms with Crippen LogP contribution in [0.5, 0.6) is 11.5 Å². The fourth-order valence-electron chi connectivity index (χ4n) is 4.25. The molecule has 0 heterocycles. The van der Waals surface area contributed by atoms with Gasteiger partial charge in [-0.3, -0.25) is 14.4 Å². The molecule has 1 atom stereocenters. The second-order valence-electron chi connectivity index (χ2n) is 9.16. The average Bonchev–Trinajstić information content (AvgIpc) is 2.96. The molecule has 8 heteroatoms. The summed E-state index contributed by atoms with van der Waals surface area (Å²) in [6.45, 7) is 1.46. The van der Waals surface area contributed by atoms with Gasteiger partial charge in [0.1, 0.15) is 11.5 Å². The molecule has 8 nitrogen and oxygen atoms in total. The van der Waals surface area contributed by atoms with Gasteiger partial charge in [0.25, 0.3) is 11.8 Å². The van der Waals surface area contributed by atoms with Crippen LogP contribution in [-0.4, -0.2) is 37.6 Å². The van der Waals surface area contributed by atoms with Crippen molar-refractivity contribution in [2.45, 2.75) is 25.4 Å². The minimum atomic E-state index is -1.77. The summed E-state index contributed by atoms with van der Waals surface area (Å²) in [4.78, 5) is 40.2. The molecular weight excluding hydrogens is 494 g/mol. The van der Waals surface area contributed by atoms with Gasteiger partial charge < -0.3 is 25.4 Å². The van der Waals surface area contributed by atoms with Gasteiger partial charge in [-0.05, 0) is 60.0 Å². The zero-order valence-corrected chi connectivity index (χ0v) is 22.1. The molecule has 0 saturated carbocycles. The van der Waals surface area contributed by atoms with Crippen molar-refractivity contribution in [3.8, 4) is 11.5 Å². The van der Waals surface area contributed by atoms with Crippen LogP contribution in [0, 0.1) is 0 Å². The number of carbonyl (C=O) groups excluding carboxylic acids is 3. The first-order valence-corrected chi connectivity index (χ1v) is 12.5. The van der Waals surface area contributed by atoms with Gasteiger partial charge >= 0.3 is 0 Å². The van der Waals surface area contributed by atoms with E-state index < -0.39 is 23.4 Å². The van der Waals surface area contributed by atoms with E-state index >= 15 is 0 Å². The SMILES string of the molecule is COc1ccc(CCC(=O)N[C@@](C)(NC(=O)c2cccc3ccccc23)C(=O)Nc2ccccc2OC)cc1. The normalized spacial score (nSPS) is 12.2. The maximum atomic E-state index is 13.6. The number of nitrogens with one attached hydrogen (secondary N) is 3. The summed E-state index contributed by atoms with van der Waals surface area (Å²) in [7, 11) is 3.08. The number of para-hydroxylation sites is 2. The van der Waals surface area contributed by atoms with Crippen LogP contribution in [0.15, 0.2) is 91.0 Å². The number of hydrogen-bond donors (Lipinski definition) is 3. The molecule has 0 aliphatic heterocycles. The Hall–Kier alpha value is -4.85. The number of rotatable bonds is 10. The maximum absolute atomic E-state index is 13.6. The Bertz CT molecular complexity index is 1480. The molecule has 0 aliphatic rings. The lowest BCUT2D eigenvalue weighted by molar-refractivity contribution is -0.130.